The maximum Gasteiger partial charge on any atom is 0.324 e. The summed E-state index contributed by atoms with van der Waals surface area (Å²) in [7, 11) is 0. The molecule has 5 aromatic carbocycles. The van der Waals surface area contributed by atoms with Gasteiger partial charge in [0, 0.05) is 27.1 Å². The molecule has 0 unspecified atom stereocenters. The van der Waals surface area contributed by atoms with Crippen molar-refractivity contribution in [2.75, 3.05) is 0 Å². The molecule has 0 aliphatic carbocycles. The molecular weight excluding hydrogens is 525 g/mol. The summed E-state index contributed by atoms with van der Waals surface area (Å²) in [6.45, 7) is 13.1. The lowest BCUT2D eigenvalue weighted by atomic mass is 9.61. The molecule has 0 amide bonds. The fourth-order valence-electron chi connectivity index (χ4n) is 5.92. The van der Waals surface area contributed by atoms with Crippen LogP contribution in [0.3, 0.4) is 0 Å². The van der Waals surface area contributed by atoms with Gasteiger partial charge in [0.1, 0.15) is 0 Å². The van der Waals surface area contributed by atoms with Gasteiger partial charge >= 0.3 is 6.92 Å². The molecule has 2 heterocycles. The van der Waals surface area contributed by atoms with E-state index in [0.29, 0.717) is 5.95 Å². The second kappa shape index (κ2) is 10.1. The Labute approximate surface area is 253 Å². The molecule has 0 saturated carbocycles. The second-order valence-electron chi connectivity index (χ2n) is 13.1. The number of rotatable bonds is 5. The molecule has 5 heteroatoms. The van der Waals surface area contributed by atoms with Crippen LogP contribution >= 0.6 is 0 Å². The first-order valence-electron chi connectivity index (χ1n) is 15.1. The topological polar surface area (TPSA) is 39.9 Å². The van der Waals surface area contributed by atoms with Gasteiger partial charge in [0.15, 0.2) is 0 Å². The monoisotopic (exact) mass is 561 g/mol. The van der Waals surface area contributed by atoms with E-state index in [1.807, 2.05) is 12.1 Å². The van der Waals surface area contributed by atoms with Gasteiger partial charge in [-0.15, -0.1) is 0 Å². The zero-order valence-corrected chi connectivity index (χ0v) is 25.7. The molecule has 212 valence electrons. The van der Waals surface area contributed by atoms with E-state index in [2.05, 4.69) is 143 Å². The van der Waals surface area contributed by atoms with E-state index in [-0.39, 0.29) is 17.9 Å². The van der Waals surface area contributed by atoms with Crippen LogP contribution in [-0.4, -0.2) is 27.1 Å². The Morgan fingerprint density at radius 3 is 2.09 bits per heavy atom. The van der Waals surface area contributed by atoms with Crippen molar-refractivity contribution < 1.29 is 4.65 Å². The van der Waals surface area contributed by atoms with E-state index in [9.17, 15) is 0 Å². The van der Waals surface area contributed by atoms with Crippen LogP contribution in [0.2, 0.25) is 6.82 Å². The van der Waals surface area contributed by atoms with E-state index in [0.717, 1.165) is 38.7 Å². The maximum atomic E-state index is 6.72. The predicted molar refractivity (Wildman–Crippen MR) is 183 cm³/mol. The van der Waals surface area contributed by atoms with Crippen molar-refractivity contribution in [1.82, 2.24) is 14.5 Å². The lowest BCUT2D eigenvalue weighted by Crippen LogP contribution is -2.46. The molecule has 7 rings (SSSR count). The third-order valence-electron chi connectivity index (χ3n) is 9.26. The summed E-state index contributed by atoms with van der Waals surface area (Å²) in [4.78, 5) is 10.5. The van der Waals surface area contributed by atoms with Gasteiger partial charge in [-0.2, -0.15) is 0 Å². The lowest BCUT2D eigenvalue weighted by molar-refractivity contribution is 0.000453. The highest BCUT2D eigenvalue weighted by atomic mass is 16.5. The minimum absolute atomic E-state index is 0.00799. The van der Waals surface area contributed by atoms with Crippen molar-refractivity contribution in [3.8, 4) is 17.2 Å². The Morgan fingerprint density at radius 2 is 1.33 bits per heavy atom. The second-order valence-corrected chi connectivity index (χ2v) is 13.1. The normalized spacial score (nSPS) is 12.5. The summed E-state index contributed by atoms with van der Waals surface area (Å²) in [6, 6.07) is 38.4. The van der Waals surface area contributed by atoms with Crippen molar-refractivity contribution in [1.29, 1.82) is 0 Å². The van der Waals surface area contributed by atoms with Gasteiger partial charge < -0.3 is 4.65 Å². The van der Waals surface area contributed by atoms with Crippen molar-refractivity contribution in [3.63, 3.8) is 0 Å². The Morgan fingerprint density at radius 1 is 0.651 bits per heavy atom. The van der Waals surface area contributed by atoms with Crippen molar-refractivity contribution in [3.05, 3.63) is 109 Å². The number of benzene rings is 5. The SMILES string of the molecule is CB(OC(C)(C)C(C)(C)C)c1ccc2c3ccc4ccccc4c3n(-c3nc(-c4ccccc4)c4ccccc4n3)c2c1. The predicted octanol–water partition coefficient (Wildman–Crippen LogP) is 9.22. The van der Waals surface area contributed by atoms with E-state index >= 15 is 0 Å². The minimum atomic E-state index is -0.309. The Kier molecular flexibility index (Phi) is 6.41. The fourth-order valence-corrected chi connectivity index (χ4v) is 5.92. The molecular formula is C38H36BN3O. The molecule has 7 aromatic rings. The van der Waals surface area contributed by atoms with E-state index < -0.39 is 0 Å². The first kappa shape index (κ1) is 27.4. The third-order valence-corrected chi connectivity index (χ3v) is 9.26. The molecule has 4 nitrogen and oxygen atoms in total. The maximum absolute atomic E-state index is 6.72. The first-order valence-corrected chi connectivity index (χ1v) is 15.1. The average molecular weight is 562 g/mol. The van der Waals surface area contributed by atoms with Crippen LogP contribution in [0.1, 0.15) is 34.6 Å². The molecule has 0 bridgehead atoms. The van der Waals surface area contributed by atoms with Crippen LogP contribution in [0, 0.1) is 5.41 Å². The van der Waals surface area contributed by atoms with Crippen molar-refractivity contribution >= 4 is 55.9 Å². The van der Waals surface area contributed by atoms with Gasteiger partial charge in [0.25, 0.3) is 0 Å². The van der Waals surface area contributed by atoms with Gasteiger partial charge in [0.2, 0.25) is 5.95 Å². The van der Waals surface area contributed by atoms with Crippen LogP contribution in [0.5, 0.6) is 0 Å². The van der Waals surface area contributed by atoms with Crippen LogP contribution in [-0.2, 0) is 4.65 Å². The van der Waals surface area contributed by atoms with Crippen LogP contribution < -0.4 is 5.46 Å². The third kappa shape index (κ3) is 4.59. The number of nitrogens with zero attached hydrogens (tertiary/aromatic N) is 3. The molecule has 43 heavy (non-hydrogen) atoms. The summed E-state index contributed by atoms with van der Waals surface area (Å²) < 4.78 is 8.98. The van der Waals surface area contributed by atoms with Crippen LogP contribution in [0.15, 0.2) is 109 Å². The summed E-state index contributed by atoms with van der Waals surface area (Å²) in [5, 5.41) is 5.75. The van der Waals surface area contributed by atoms with Crippen LogP contribution in [0.25, 0.3) is 60.7 Å². The molecule has 0 N–H and O–H groups in total. The molecule has 2 aromatic heterocycles. The highest BCUT2D eigenvalue weighted by molar-refractivity contribution is 6.66. The van der Waals surface area contributed by atoms with Gasteiger partial charge in [0.05, 0.1) is 27.8 Å². The standard InChI is InChI=1S/C38H36BN3O/c1-37(2,3)38(4,5)43-39(6)27-21-23-29-30-22-20-25-14-10-11-17-28(25)35(30)42(33(29)24-27)36-40-32-19-13-12-18-31(32)34(41-36)26-15-8-7-9-16-26/h7-24H,1-6H3. The Balaban J connectivity index is 1.54. The van der Waals surface area contributed by atoms with E-state index in [1.54, 1.807) is 0 Å². The first-order chi connectivity index (χ1) is 20.6. The van der Waals surface area contributed by atoms with Crippen molar-refractivity contribution in [2.24, 2.45) is 5.41 Å². The molecule has 0 atom stereocenters. The molecule has 0 aliphatic heterocycles. The molecule has 0 spiro atoms. The van der Waals surface area contributed by atoms with Gasteiger partial charge in [-0.05, 0) is 42.2 Å². The lowest BCUT2D eigenvalue weighted by Gasteiger charge is -2.40. The largest absolute Gasteiger partial charge is 0.426 e. The number of para-hydroxylation sites is 1. The zero-order valence-electron chi connectivity index (χ0n) is 25.7. The van der Waals surface area contributed by atoms with E-state index in [4.69, 9.17) is 14.6 Å². The molecule has 0 saturated heterocycles. The summed E-state index contributed by atoms with van der Waals surface area (Å²) >= 11 is 0. The highest BCUT2D eigenvalue weighted by Gasteiger charge is 2.36. The fraction of sp³-hybridized carbons (Fsp3) is 0.211. The molecule has 0 fully saturated rings. The molecule has 0 aliphatic rings. The van der Waals surface area contributed by atoms with Gasteiger partial charge in [-0.1, -0.05) is 125 Å². The summed E-state index contributed by atoms with van der Waals surface area (Å²) in [5.74, 6) is 0.662. The Hall–Kier alpha value is -4.48. The average Bonchev–Trinajstić information content (AvgIpc) is 3.34. The Bertz CT molecular complexity index is 2140. The van der Waals surface area contributed by atoms with Crippen molar-refractivity contribution in [2.45, 2.75) is 47.0 Å². The van der Waals surface area contributed by atoms with Gasteiger partial charge in [-0.25, -0.2) is 9.97 Å². The summed E-state index contributed by atoms with van der Waals surface area (Å²) in [6.07, 6.45) is 0. The minimum Gasteiger partial charge on any atom is -0.426 e. The van der Waals surface area contributed by atoms with Crippen LogP contribution in [0.4, 0.5) is 0 Å². The zero-order chi connectivity index (χ0) is 29.9. The number of hydrogen-bond acceptors (Lipinski definition) is 3. The smallest absolute Gasteiger partial charge is 0.324 e. The number of hydrogen-bond donors (Lipinski definition) is 0. The highest BCUT2D eigenvalue weighted by Crippen LogP contribution is 2.38. The quantitative estimate of drug-likeness (QED) is 0.197. The molecule has 0 radical (unpaired) electrons. The van der Waals surface area contributed by atoms with Gasteiger partial charge in [-0.3, -0.25) is 4.57 Å². The van der Waals surface area contributed by atoms with E-state index in [1.165, 1.54) is 21.5 Å². The number of aromatic nitrogens is 3. The summed E-state index contributed by atoms with van der Waals surface area (Å²) in [5.41, 5.74) is 5.91. The number of fused-ring (bicyclic) bond motifs is 6.